The molecule has 2 heterocycles. The van der Waals surface area contributed by atoms with Crippen molar-refractivity contribution in [1.29, 1.82) is 0 Å². The van der Waals surface area contributed by atoms with E-state index >= 15 is 0 Å². The quantitative estimate of drug-likeness (QED) is 0.525. The average Bonchev–Trinajstić information content (AvgIpc) is 3.09. The maximum absolute atomic E-state index is 11.0. The number of hydrogen-bond donors (Lipinski definition) is 3. The predicted molar refractivity (Wildman–Crippen MR) is 80.3 cm³/mol. The van der Waals surface area contributed by atoms with Crippen molar-refractivity contribution in [3.8, 4) is 11.4 Å². The van der Waals surface area contributed by atoms with E-state index in [1.165, 1.54) is 0 Å². The number of carboxylic acid groups (broad SMARTS) is 1. The fraction of sp³-hybridized carbons (Fsp3) is 0. The zero-order valence-corrected chi connectivity index (χ0v) is 10.9. The van der Waals surface area contributed by atoms with Crippen LogP contribution in [0.3, 0.4) is 0 Å². The summed E-state index contributed by atoms with van der Waals surface area (Å²) in [7, 11) is 0. The van der Waals surface area contributed by atoms with Gasteiger partial charge in [0.25, 0.3) is 0 Å². The molecule has 102 valence electrons. The highest BCUT2D eigenvalue weighted by molar-refractivity contribution is 5.99. The topological polar surface area (TPSA) is 81.8 Å². The van der Waals surface area contributed by atoms with E-state index in [0.717, 1.165) is 27.7 Å². The lowest BCUT2D eigenvalue weighted by Gasteiger charge is -1.96. The molecule has 0 aliphatic heterocycles. The Hall–Kier alpha value is -3.08. The second kappa shape index (κ2) is 4.21. The van der Waals surface area contributed by atoms with Gasteiger partial charge < -0.3 is 10.1 Å². The second-order valence-electron chi connectivity index (χ2n) is 4.91. The maximum Gasteiger partial charge on any atom is 0.335 e. The van der Waals surface area contributed by atoms with Crippen LogP contribution in [0.25, 0.3) is 33.2 Å². The molecule has 4 aromatic rings. The monoisotopic (exact) mass is 277 g/mol. The molecule has 2 aromatic heterocycles. The Morgan fingerprint density at radius 1 is 1.05 bits per heavy atom. The first-order valence-corrected chi connectivity index (χ1v) is 6.52. The van der Waals surface area contributed by atoms with Gasteiger partial charge in [0.05, 0.1) is 16.8 Å². The molecule has 0 fully saturated rings. The highest BCUT2D eigenvalue weighted by atomic mass is 16.4. The fourth-order valence-corrected chi connectivity index (χ4v) is 2.56. The van der Waals surface area contributed by atoms with Crippen molar-refractivity contribution >= 4 is 27.8 Å². The predicted octanol–water partition coefficient (Wildman–Crippen LogP) is 3.41. The van der Waals surface area contributed by atoms with Gasteiger partial charge in [-0.15, -0.1) is 0 Å². The first-order valence-electron chi connectivity index (χ1n) is 6.52. The van der Waals surface area contributed by atoms with Crippen LogP contribution in [0.5, 0.6) is 0 Å². The summed E-state index contributed by atoms with van der Waals surface area (Å²) in [6, 6.07) is 15.0. The molecule has 21 heavy (non-hydrogen) atoms. The second-order valence-corrected chi connectivity index (χ2v) is 4.91. The molecule has 0 atom stereocenters. The standard InChI is InChI=1S/C16H11N3O2/c20-16(21)10-5-6-11-13(8-10)18-19-15(11)14-7-9-3-1-2-4-12(9)17-14/h1-8,17H,(H,18,19)(H,20,21). The van der Waals surface area contributed by atoms with Crippen molar-refractivity contribution in [2.24, 2.45) is 0 Å². The summed E-state index contributed by atoms with van der Waals surface area (Å²) in [5, 5.41) is 18.2. The van der Waals surface area contributed by atoms with E-state index in [9.17, 15) is 4.79 Å². The molecule has 0 aliphatic carbocycles. The fourth-order valence-electron chi connectivity index (χ4n) is 2.56. The smallest absolute Gasteiger partial charge is 0.335 e. The number of aromatic amines is 2. The van der Waals surface area contributed by atoms with E-state index in [4.69, 9.17) is 5.11 Å². The van der Waals surface area contributed by atoms with Gasteiger partial charge in [-0.3, -0.25) is 5.10 Å². The number of H-pyrrole nitrogens is 2. The normalized spacial score (nSPS) is 11.2. The lowest BCUT2D eigenvalue weighted by atomic mass is 10.1. The lowest BCUT2D eigenvalue weighted by Crippen LogP contribution is -1.94. The highest BCUT2D eigenvalue weighted by Gasteiger charge is 2.12. The number of nitrogens with one attached hydrogen (secondary N) is 2. The van der Waals surface area contributed by atoms with Gasteiger partial charge in [-0.25, -0.2) is 4.79 Å². The first kappa shape index (κ1) is 11.7. The number of benzene rings is 2. The number of carboxylic acids is 1. The maximum atomic E-state index is 11.0. The molecule has 0 saturated carbocycles. The number of carbonyl (C=O) groups is 1. The van der Waals surface area contributed by atoms with E-state index in [-0.39, 0.29) is 5.56 Å². The number of fused-ring (bicyclic) bond motifs is 2. The molecule has 2 aromatic carbocycles. The van der Waals surface area contributed by atoms with Gasteiger partial charge in [-0.1, -0.05) is 18.2 Å². The van der Waals surface area contributed by atoms with Crippen LogP contribution in [0.1, 0.15) is 10.4 Å². The van der Waals surface area contributed by atoms with Crippen LogP contribution in [0, 0.1) is 0 Å². The Labute approximate surface area is 119 Å². The van der Waals surface area contributed by atoms with Crippen LogP contribution in [0.2, 0.25) is 0 Å². The summed E-state index contributed by atoms with van der Waals surface area (Å²) in [4.78, 5) is 14.3. The average molecular weight is 277 g/mol. The molecule has 0 saturated heterocycles. The van der Waals surface area contributed by atoms with Crippen LogP contribution in [0.15, 0.2) is 48.5 Å². The van der Waals surface area contributed by atoms with Crippen molar-refractivity contribution < 1.29 is 9.90 Å². The Kier molecular flexibility index (Phi) is 2.35. The molecular formula is C16H11N3O2. The van der Waals surface area contributed by atoms with Crippen molar-refractivity contribution in [1.82, 2.24) is 15.2 Å². The van der Waals surface area contributed by atoms with Crippen LogP contribution in [-0.2, 0) is 0 Å². The minimum atomic E-state index is -0.946. The number of rotatable bonds is 2. The van der Waals surface area contributed by atoms with Gasteiger partial charge in [-0.2, -0.15) is 5.10 Å². The van der Waals surface area contributed by atoms with Gasteiger partial charge in [0.15, 0.2) is 0 Å². The molecule has 0 radical (unpaired) electrons. The lowest BCUT2D eigenvalue weighted by molar-refractivity contribution is 0.0697. The third-order valence-electron chi connectivity index (χ3n) is 3.59. The van der Waals surface area contributed by atoms with Crippen molar-refractivity contribution in [3.05, 3.63) is 54.1 Å². The van der Waals surface area contributed by atoms with Crippen molar-refractivity contribution in [2.45, 2.75) is 0 Å². The molecule has 0 spiro atoms. The number of hydrogen-bond acceptors (Lipinski definition) is 2. The summed E-state index contributed by atoms with van der Waals surface area (Å²) >= 11 is 0. The minimum Gasteiger partial charge on any atom is -0.478 e. The molecule has 0 bridgehead atoms. The van der Waals surface area contributed by atoms with E-state index in [0.29, 0.717) is 5.52 Å². The molecular weight excluding hydrogens is 266 g/mol. The van der Waals surface area contributed by atoms with Crippen molar-refractivity contribution in [3.63, 3.8) is 0 Å². The number of nitrogens with zero attached hydrogens (tertiary/aromatic N) is 1. The minimum absolute atomic E-state index is 0.245. The van der Waals surface area contributed by atoms with Gasteiger partial charge in [0, 0.05) is 16.3 Å². The van der Waals surface area contributed by atoms with E-state index in [1.54, 1.807) is 18.2 Å². The molecule has 0 unspecified atom stereocenters. The van der Waals surface area contributed by atoms with Gasteiger partial charge in [-0.05, 0) is 30.3 Å². The van der Waals surface area contributed by atoms with Crippen LogP contribution >= 0.6 is 0 Å². The Morgan fingerprint density at radius 3 is 2.71 bits per heavy atom. The van der Waals surface area contributed by atoms with Crippen molar-refractivity contribution in [2.75, 3.05) is 0 Å². The number of para-hydroxylation sites is 1. The molecule has 3 N–H and O–H groups in total. The van der Waals surface area contributed by atoms with Gasteiger partial charge >= 0.3 is 5.97 Å². The largest absolute Gasteiger partial charge is 0.478 e. The third-order valence-corrected chi connectivity index (χ3v) is 3.59. The molecule has 5 heteroatoms. The van der Waals surface area contributed by atoms with E-state index in [1.807, 2.05) is 30.3 Å². The molecule has 4 rings (SSSR count). The summed E-state index contributed by atoms with van der Waals surface area (Å²) in [5.74, 6) is -0.946. The van der Waals surface area contributed by atoms with E-state index < -0.39 is 5.97 Å². The summed E-state index contributed by atoms with van der Waals surface area (Å²) in [6.45, 7) is 0. The summed E-state index contributed by atoms with van der Waals surface area (Å²) in [5.41, 5.74) is 3.70. The SMILES string of the molecule is O=C(O)c1ccc2c(-c3cc4ccccc4[nH]3)n[nH]c2c1. The third kappa shape index (κ3) is 1.79. The Morgan fingerprint density at radius 2 is 1.90 bits per heavy atom. The number of aromatic carboxylic acids is 1. The molecule has 0 amide bonds. The molecule has 5 nitrogen and oxygen atoms in total. The Bertz CT molecular complexity index is 948. The molecule has 0 aliphatic rings. The zero-order chi connectivity index (χ0) is 14.4. The number of aromatic nitrogens is 3. The summed E-state index contributed by atoms with van der Waals surface area (Å²) < 4.78 is 0. The van der Waals surface area contributed by atoms with Crippen LogP contribution < -0.4 is 0 Å². The van der Waals surface area contributed by atoms with Gasteiger partial charge in [0.1, 0.15) is 5.69 Å². The van der Waals surface area contributed by atoms with Crippen LogP contribution in [0.4, 0.5) is 0 Å². The van der Waals surface area contributed by atoms with Gasteiger partial charge in [0.2, 0.25) is 0 Å². The highest BCUT2D eigenvalue weighted by Crippen LogP contribution is 2.28. The summed E-state index contributed by atoms with van der Waals surface area (Å²) in [6.07, 6.45) is 0. The first-order chi connectivity index (χ1) is 10.2. The van der Waals surface area contributed by atoms with E-state index in [2.05, 4.69) is 15.2 Å². The Balaban J connectivity index is 1.92. The van der Waals surface area contributed by atoms with Crippen LogP contribution in [-0.4, -0.2) is 26.3 Å². The zero-order valence-electron chi connectivity index (χ0n) is 10.9.